The largest absolute Gasteiger partial charge is 0.453 e. The lowest BCUT2D eigenvalue weighted by Gasteiger charge is -2.06. The van der Waals surface area contributed by atoms with Crippen LogP contribution in [-0.2, 0) is 9.53 Å². The average Bonchev–Trinajstić information content (AvgIpc) is 2.60. The predicted octanol–water partition coefficient (Wildman–Crippen LogP) is 1.86. The number of amides is 1. The van der Waals surface area contributed by atoms with Crippen molar-refractivity contribution in [3.8, 4) is 0 Å². The third-order valence-electron chi connectivity index (χ3n) is 2.92. The number of nitrogens with one attached hydrogen (secondary N) is 1. The van der Waals surface area contributed by atoms with Gasteiger partial charge in [-0.1, -0.05) is 6.92 Å². The van der Waals surface area contributed by atoms with Gasteiger partial charge in [-0.25, -0.2) is 9.78 Å². The molecule has 0 fully saturated rings. The minimum Gasteiger partial charge on any atom is -0.453 e. The number of rotatable bonds is 6. The molecule has 0 atom stereocenters. The summed E-state index contributed by atoms with van der Waals surface area (Å²) in [6.07, 6.45) is 4.43. The van der Waals surface area contributed by atoms with Crippen molar-refractivity contribution < 1.29 is 19.1 Å². The Hall–Kier alpha value is -3.09. The van der Waals surface area contributed by atoms with Crippen LogP contribution in [0.15, 0.2) is 42.9 Å². The molecule has 1 N–H and O–H groups in total. The predicted molar refractivity (Wildman–Crippen MR) is 82.0 cm³/mol. The number of anilines is 1. The van der Waals surface area contributed by atoms with E-state index in [1.807, 2.05) is 0 Å². The molecule has 0 saturated heterocycles. The number of carbonyl (C=O) groups is 3. The maximum Gasteiger partial charge on any atom is 0.358 e. The minimum atomic E-state index is -0.710. The molecule has 1 aromatic carbocycles. The first-order chi connectivity index (χ1) is 11.1. The SMILES string of the molecule is CCC(=O)Nc1ccc(C(=O)COC(=O)c2cnccn2)cc1. The van der Waals surface area contributed by atoms with E-state index in [9.17, 15) is 14.4 Å². The van der Waals surface area contributed by atoms with Gasteiger partial charge in [-0.15, -0.1) is 0 Å². The molecule has 0 spiro atoms. The van der Waals surface area contributed by atoms with Gasteiger partial charge in [-0.05, 0) is 24.3 Å². The monoisotopic (exact) mass is 313 g/mol. The Kier molecular flexibility index (Phi) is 5.51. The first kappa shape index (κ1) is 16.3. The summed E-state index contributed by atoms with van der Waals surface area (Å²) < 4.78 is 4.90. The van der Waals surface area contributed by atoms with Gasteiger partial charge < -0.3 is 10.1 Å². The van der Waals surface area contributed by atoms with Crippen molar-refractivity contribution in [3.63, 3.8) is 0 Å². The number of ketones is 1. The molecule has 0 bridgehead atoms. The van der Waals surface area contributed by atoms with Crippen LogP contribution < -0.4 is 5.32 Å². The zero-order valence-corrected chi connectivity index (χ0v) is 12.5. The summed E-state index contributed by atoms with van der Waals surface area (Å²) in [5.74, 6) is -1.17. The smallest absolute Gasteiger partial charge is 0.358 e. The molecule has 0 aliphatic heterocycles. The molecule has 1 aromatic heterocycles. The van der Waals surface area contributed by atoms with E-state index in [2.05, 4.69) is 15.3 Å². The van der Waals surface area contributed by atoms with Crippen molar-refractivity contribution >= 4 is 23.3 Å². The van der Waals surface area contributed by atoms with Crippen molar-refractivity contribution in [2.45, 2.75) is 13.3 Å². The van der Waals surface area contributed by atoms with Gasteiger partial charge in [0.25, 0.3) is 0 Å². The Labute approximate surface area is 132 Å². The molecule has 0 saturated carbocycles. The summed E-state index contributed by atoms with van der Waals surface area (Å²) >= 11 is 0. The van der Waals surface area contributed by atoms with Gasteiger partial charge in [-0.3, -0.25) is 14.6 Å². The third-order valence-corrected chi connectivity index (χ3v) is 2.92. The lowest BCUT2D eigenvalue weighted by Crippen LogP contribution is -2.15. The highest BCUT2D eigenvalue weighted by molar-refractivity contribution is 5.99. The fraction of sp³-hybridized carbons (Fsp3) is 0.188. The Bertz CT molecular complexity index is 699. The zero-order chi connectivity index (χ0) is 16.7. The number of nitrogens with zero attached hydrogens (tertiary/aromatic N) is 2. The van der Waals surface area contributed by atoms with Crippen LogP contribution in [0.5, 0.6) is 0 Å². The number of aromatic nitrogens is 2. The number of hydrogen-bond donors (Lipinski definition) is 1. The second-order valence-electron chi connectivity index (χ2n) is 4.57. The molecule has 23 heavy (non-hydrogen) atoms. The number of esters is 1. The number of hydrogen-bond acceptors (Lipinski definition) is 6. The number of Topliss-reactive ketones (excluding diaryl/α,β-unsaturated/α-hetero) is 1. The van der Waals surface area contributed by atoms with Crippen molar-refractivity contribution in [3.05, 3.63) is 54.1 Å². The Morgan fingerprint density at radius 2 is 1.87 bits per heavy atom. The van der Waals surface area contributed by atoms with Crippen molar-refractivity contribution in [2.24, 2.45) is 0 Å². The van der Waals surface area contributed by atoms with Crippen molar-refractivity contribution in [2.75, 3.05) is 11.9 Å². The van der Waals surface area contributed by atoms with Crippen LogP contribution in [0.1, 0.15) is 34.2 Å². The highest BCUT2D eigenvalue weighted by Gasteiger charge is 2.13. The summed E-state index contributed by atoms with van der Waals surface area (Å²) in [5, 5.41) is 2.68. The lowest BCUT2D eigenvalue weighted by molar-refractivity contribution is -0.115. The van der Waals surface area contributed by atoms with Gasteiger partial charge in [0.05, 0.1) is 6.20 Å². The maximum absolute atomic E-state index is 12.0. The number of carbonyl (C=O) groups excluding carboxylic acids is 3. The third kappa shape index (κ3) is 4.70. The molecular weight excluding hydrogens is 298 g/mol. The van der Waals surface area contributed by atoms with E-state index in [1.165, 1.54) is 18.6 Å². The van der Waals surface area contributed by atoms with Crippen molar-refractivity contribution in [1.82, 2.24) is 9.97 Å². The zero-order valence-electron chi connectivity index (χ0n) is 12.5. The van der Waals surface area contributed by atoms with Crippen LogP contribution in [0.4, 0.5) is 5.69 Å². The van der Waals surface area contributed by atoms with Crippen LogP contribution in [0.25, 0.3) is 0 Å². The molecule has 1 heterocycles. The van der Waals surface area contributed by atoms with Crippen LogP contribution in [-0.4, -0.2) is 34.2 Å². The molecule has 0 radical (unpaired) electrons. The molecule has 7 nitrogen and oxygen atoms in total. The normalized spacial score (nSPS) is 9.96. The van der Waals surface area contributed by atoms with E-state index in [1.54, 1.807) is 31.2 Å². The van der Waals surface area contributed by atoms with Crippen LogP contribution >= 0.6 is 0 Å². The first-order valence-electron chi connectivity index (χ1n) is 6.96. The second kappa shape index (κ2) is 7.79. The van der Waals surface area contributed by atoms with E-state index in [0.29, 0.717) is 17.7 Å². The van der Waals surface area contributed by atoms with Crippen LogP contribution in [0, 0.1) is 0 Å². The Morgan fingerprint density at radius 1 is 1.13 bits per heavy atom. The van der Waals surface area contributed by atoms with Gasteiger partial charge in [0.2, 0.25) is 5.91 Å². The van der Waals surface area contributed by atoms with Crippen LogP contribution in [0.2, 0.25) is 0 Å². The molecule has 2 aromatic rings. The molecule has 2 rings (SSSR count). The second-order valence-corrected chi connectivity index (χ2v) is 4.57. The fourth-order valence-electron chi connectivity index (χ4n) is 1.68. The quantitative estimate of drug-likeness (QED) is 0.645. The highest BCUT2D eigenvalue weighted by Crippen LogP contribution is 2.11. The van der Waals surface area contributed by atoms with E-state index in [-0.39, 0.29) is 17.4 Å². The molecule has 0 unspecified atom stereocenters. The summed E-state index contributed by atoms with van der Waals surface area (Å²) in [4.78, 5) is 42.4. The van der Waals surface area contributed by atoms with Crippen LogP contribution in [0.3, 0.4) is 0 Å². The van der Waals surface area contributed by atoms with E-state index >= 15 is 0 Å². The lowest BCUT2D eigenvalue weighted by atomic mass is 10.1. The molecule has 7 heteroatoms. The molecule has 1 amide bonds. The van der Waals surface area contributed by atoms with E-state index in [0.717, 1.165) is 0 Å². The van der Waals surface area contributed by atoms with Crippen molar-refractivity contribution in [1.29, 1.82) is 0 Å². The van der Waals surface area contributed by atoms with Gasteiger partial charge in [0.15, 0.2) is 18.1 Å². The average molecular weight is 313 g/mol. The van der Waals surface area contributed by atoms with Gasteiger partial charge in [-0.2, -0.15) is 0 Å². The number of ether oxygens (including phenoxy) is 1. The molecular formula is C16H15N3O4. The summed E-state index contributed by atoms with van der Waals surface area (Å²) in [5.41, 5.74) is 1.02. The number of benzene rings is 1. The first-order valence-corrected chi connectivity index (χ1v) is 6.96. The van der Waals surface area contributed by atoms with E-state index < -0.39 is 12.6 Å². The topological polar surface area (TPSA) is 98.2 Å². The van der Waals surface area contributed by atoms with Gasteiger partial charge in [0, 0.05) is 30.1 Å². The summed E-state index contributed by atoms with van der Waals surface area (Å²) in [6, 6.07) is 6.35. The summed E-state index contributed by atoms with van der Waals surface area (Å²) in [6.45, 7) is 1.36. The van der Waals surface area contributed by atoms with E-state index in [4.69, 9.17) is 4.74 Å². The highest BCUT2D eigenvalue weighted by atomic mass is 16.5. The van der Waals surface area contributed by atoms with Gasteiger partial charge in [0.1, 0.15) is 0 Å². The molecule has 118 valence electrons. The standard InChI is InChI=1S/C16H15N3O4/c1-2-15(21)19-12-5-3-11(4-6-12)14(20)10-23-16(22)13-9-17-7-8-18-13/h3-9H,2,10H2,1H3,(H,19,21). The molecule has 0 aliphatic rings. The fourth-order valence-corrected chi connectivity index (χ4v) is 1.68. The Morgan fingerprint density at radius 3 is 2.48 bits per heavy atom. The maximum atomic E-state index is 12.0. The minimum absolute atomic E-state index is 0.0397. The molecule has 0 aliphatic carbocycles. The Balaban J connectivity index is 1.91. The summed E-state index contributed by atoms with van der Waals surface area (Å²) in [7, 11) is 0. The van der Waals surface area contributed by atoms with Gasteiger partial charge >= 0.3 is 5.97 Å².